The van der Waals surface area contributed by atoms with Gasteiger partial charge in [0.1, 0.15) is 5.69 Å². The molecule has 1 aliphatic heterocycles. The Bertz CT molecular complexity index is 380. The molecule has 1 aliphatic rings. The molecule has 2 atom stereocenters. The minimum atomic E-state index is -0.0312. The van der Waals surface area contributed by atoms with Crippen molar-refractivity contribution < 1.29 is 9.90 Å². The zero-order valence-corrected chi connectivity index (χ0v) is 10.0. The second kappa shape index (κ2) is 5.27. The number of hydrogen-bond donors (Lipinski definition) is 1. The Morgan fingerprint density at radius 1 is 1.53 bits per heavy atom. The van der Waals surface area contributed by atoms with Gasteiger partial charge in [0.2, 0.25) is 0 Å². The third-order valence-corrected chi connectivity index (χ3v) is 3.38. The number of piperidine rings is 1. The Morgan fingerprint density at radius 3 is 3.00 bits per heavy atom. The van der Waals surface area contributed by atoms with Gasteiger partial charge in [0.15, 0.2) is 0 Å². The van der Waals surface area contributed by atoms with Gasteiger partial charge in [-0.1, -0.05) is 6.07 Å². The van der Waals surface area contributed by atoms with Crippen LogP contribution in [0.5, 0.6) is 0 Å². The van der Waals surface area contributed by atoms with Crippen molar-refractivity contribution in [3.8, 4) is 0 Å². The fourth-order valence-electron chi connectivity index (χ4n) is 2.25. The molecule has 0 aromatic carbocycles. The highest BCUT2D eigenvalue weighted by atomic mass is 16.3. The van der Waals surface area contributed by atoms with Gasteiger partial charge in [-0.05, 0) is 37.8 Å². The number of aromatic nitrogens is 1. The second-order valence-corrected chi connectivity index (χ2v) is 4.65. The fourth-order valence-corrected chi connectivity index (χ4v) is 2.25. The van der Waals surface area contributed by atoms with E-state index in [1.807, 2.05) is 11.0 Å². The number of nitrogens with zero attached hydrogens (tertiary/aromatic N) is 2. The lowest BCUT2D eigenvalue weighted by Crippen LogP contribution is -2.46. The first-order valence-electron chi connectivity index (χ1n) is 6.05. The van der Waals surface area contributed by atoms with E-state index in [4.69, 9.17) is 0 Å². The molecule has 92 valence electrons. The average molecular weight is 234 g/mol. The molecular weight excluding hydrogens is 216 g/mol. The Hall–Kier alpha value is -1.42. The zero-order valence-electron chi connectivity index (χ0n) is 10.0. The molecule has 2 rings (SSSR count). The lowest BCUT2D eigenvalue weighted by atomic mass is 9.94. The van der Waals surface area contributed by atoms with E-state index < -0.39 is 0 Å². The number of amides is 1. The normalized spacial score (nSPS) is 24.7. The maximum atomic E-state index is 12.3. The molecule has 4 nitrogen and oxygen atoms in total. The fraction of sp³-hybridized carbons (Fsp3) is 0.538. The molecule has 0 bridgehead atoms. The predicted molar refractivity (Wildman–Crippen MR) is 64.5 cm³/mol. The van der Waals surface area contributed by atoms with E-state index in [1.54, 1.807) is 18.3 Å². The minimum absolute atomic E-state index is 0.0312. The number of rotatable bonds is 2. The number of hydrogen-bond acceptors (Lipinski definition) is 3. The summed E-state index contributed by atoms with van der Waals surface area (Å²) in [7, 11) is 0. The standard InChI is InChI=1S/C13H18N2O2/c1-10-5-6-11(9-16)8-15(10)13(17)12-4-2-3-7-14-12/h2-4,7,10-11,16H,5-6,8-9H2,1H3. The molecule has 2 unspecified atom stereocenters. The van der Waals surface area contributed by atoms with Crippen LogP contribution in [0.25, 0.3) is 0 Å². The van der Waals surface area contributed by atoms with Crippen molar-refractivity contribution in [2.24, 2.45) is 5.92 Å². The van der Waals surface area contributed by atoms with Crippen LogP contribution in [0.15, 0.2) is 24.4 Å². The number of carbonyl (C=O) groups excluding carboxylic acids is 1. The summed E-state index contributed by atoms with van der Waals surface area (Å²) >= 11 is 0. The van der Waals surface area contributed by atoms with Crippen LogP contribution in [0, 0.1) is 5.92 Å². The van der Waals surface area contributed by atoms with E-state index in [0.29, 0.717) is 12.2 Å². The van der Waals surface area contributed by atoms with Crippen LogP contribution in [0.2, 0.25) is 0 Å². The summed E-state index contributed by atoms with van der Waals surface area (Å²) in [6.07, 6.45) is 3.57. The summed E-state index contributed by atoms with van der Waals surface area (Å²) in [5.41, 5.74) is 0.484. The molecule has 1 N–H and O–H groups in total. The first-order chi connectivity index (χ1) is 8.22. The van der Waals surface area contributed by atoms with E-state index >= 15 is 0 Å². The molecule has 0 radical (unpaired) electrons. The zero-order chi connectivity index (χ0) is 12.3. The molecule has 1 aromatic heterocycles. The van der Waals surface area contributed by atoms with Gasteiger partial charge in [-0.2, -0.15) is 0 Å². The van der Waals surface area contributed by atoms with Crippen molar-refractivity contribution in [2.75, 3.05) is 13.2 Å². The van der Waals surface area contributed by atoms with Gasteiger partial charge in [-0.25, -0.2) is 0 Å². The number of aliphatic hydroxyl groups excluding tert-OH is 1. The summed E-state index contributed by atoms with van der Waals surface area (Å²) in [5, 5.41) is 9.19. The Labute approximate surface area is 101 Å². The largest absolute Gasteiger partial charge is 0.396 e. The summed E-state index contributed by atoms with van der Waals surface area (Å²) in [6.45, 7) is 2.83. The molecule has 2 heterocycles. The SMILES string of the molecule is CC1CCC(CO)CN1C(=O)c1ccccn1. The molecule has 0 spiro atoms. The maximum absolute atomic E-state index is 12.3. The van der Waals surface area contributed by atoms with E-state index in [9.17, 15) is 9.90 Å². The van der Waals surface area contributed by atoms with E-state index in [0.717, 1.165) is 12.8 Å². The molecule has 1 saturated heterocycles. The summed E-state index contributed by atoms with van der Waals surface area (Å²) in [6, 6.07) is 5.58. The van der Waals surface area contributed by atoms with Crippen molar-refractivity contribution in [2.45, 2.75) is 25.8 Å². The Morgan fingerprint density at radius 2 is 2.35 bits per heavy atom. The van der Waals surface area contributed by atoms with Crippen LogP contribution in [-0.4, -0.2) is 40.1 Å². The number of pyridine rings is 1. The third-order valence-electron chi connectivity index (χ3n) is 3.38. The van der Waals surface area contributed by atoms with Gasteiger partial charge in [-0.3, -0.25) is 9.78 Å². The minimum Gasteiger partial charge on any atom is -0.396 e. The third kappa shape index (κ3) is 2.64. The van der Waals surface area contributed by atoms with E-state index in [1.165, 1.54) is 0 Å². The molecule has 1 fully saturated rings. The highest BCUT2D eigenvalue weighted by molar-refractivity contribution is 5.92. The lowest BCUT2D eigenvalue weighted by Gasteiger charge is -2.37. The molecule has 0 aliphatic carbocycles. The monoisotopic (exact) mass is 234 g/mol. The number of carbonyl (C=O) groups is 1. The summed E-state index contributed by atoms with van der Waals surface area (Å²) in [5.74, 6) is 0.176. The van der Waals surface area contributed by atoms with Gasteiger partial charge < -0.3 is 10.0 Å². The summed E-state index contributed by atoms with van der Waals surface area (Å²) < 4.78 is 0. The van der Waals surface area contributed by atoms with E-state index in [2.05, 4.69) is 11.9 Å². The van der Waals surface area contributed by atoms with Crippen molar-refractivity contribution >= 4 is 5.91 Å². The smallest absolute Gasteiger partial charge is 0.272 e. The van der Waals surface area contributed by atoms with Gasteiger partial charge in [-0.15, -0.1) is 0 Å². The van der Waals surface area contributed by atoms with E-state index in [-0.39, 0.29) is 24.5 Å². The van der Waals surface area contributed by atoms with Crippen LogP contribution in [0.1, 0.15) is 30.3 Å². The van der Waals surface area contributed by atoms with Crippen molar-refractivity contribution in [3.05, 3.63) is 30.1 Å². The van der Waals surface area contributed by atoms with Crippen LogP contribution >= 0.6 is 0 Å². The number of aliphatic hydroxyl groups is 1. The van der Waals surface area contributed by atoms with Crippen LogP contribution in [-0.2, 0) is 0 Å². The lowest BCUT2D eigenvalue weighted by molar-refractivity contribution is 0.0483. The number of likely N-dealkylation sites (tertiary alicyclic amines) is 1. The van der Waals surface area contributed by atoms with Crippen LogP contribution in [0.4, 0.5) is 0 Å². The molecule has 1 amide bonds. The van der Waals surface area contributed by atoms with Gasteiger partial charge in [0, 0.05) is 25.4 Å². The molecular formula is C13H18N2O2. The molecule has 4 heteroatoms. The van der Waals surface area contributed by atoms with Crippen molar-refractivity contribution in [1.29, 1.82) is 0 Å². The van der Waals surface area contributed by atoms with Crippen LogP contribution < -0.4 is 0 Å². The molecule has 1 aromatic rings. The van der Waals surface area contributed by atoms with Crippen molar-refractivity contribution in [1.82, 2.24) is 9.88 Å². The maximum Gasteiger partial charge on any atom is 0.272 e. The average Bonchev–Trinajstić information content (AvgIpc) is 2.39. The topological polar surface area (TPSA) is 53.4 Å². The first-order valence-corrected chi connectivity index (χ1v) is 6.05. The van der Waals surface area contributed by atoms with Crippen molar-refractivity contribution in [3.63, 3.8) is 0 Å². The molecule has 0 saturated carbocycles. The highest BCUT2D eigenvalue weighted by Gasteiger charge is 2.29. The van der Waals surface area contributed by atoms with Gasteiger partial charge in [0.05, 0.1) is 0 Å². The highest BCUT2D eigenvalue weighted by Crippen LogP contribution is 2.22. The van der Waals surface area contributed by atoms with Gasteiger partial charge >= 0.3 is 0 Å². The predicted octanol–water partition coefficient (Wildman–Crippen LogP) is 1.31. The first kappa shape index (κ1) is 12.0. The molecule has 17 heavy (non-hydrogen) atoms. The Balaban J connectivity index is 2.12. The van der Waals surface area contributed by atoms with Crippen LogP contribution in [0.3, 0.4) is 0 Å². The second-order valence-electron chi connectivity index (χ2n) is 4.65. The Kier molecular flexibility index (Phi) is 3.74. The van der Waals surface area contributed by atoms with Gasteiger partial charge in [0.25, 0.3) is 5.91 Å². The quantitative estimate of drug-likeness (QED) is 0.839. The summed E-state index contributed by atoms with van der Waals surface area (Å²) in [4.78, 5) is 18.2.